The lowest BCUT2D eigenvalue weighted by Gasteiger charge is -2.05. The summed E-state index contributed by atoms with van der Waals surface area (Å²) in [5.74, 6) is -0.309. The summed E-state index contributed by atoms with van der Waals surface area (Å²) in [6.07, 6.45) is 5.35. The van der Waals surface area contributed by atoms with Crippen molar-refractivity contribution < 1.29 is 9.59 Å². The summed E-state index contributed by atoms with van der Waals surface area (Å²) in [7, 11) is 1.84. The lowest BCUT2D eigenvalue weighted by Crippen LogP contribution is -2.30. The van der Waals surface area contributed by atoms with Crippen LogP contribution in [0.3, 0.4) is 0 Å². The van der Waals surface area contributed by atoms with Gasteiger partial charge in [0.2, 0.25) is 0 Å². The number of carbonyl (C=O) groups excluding carboxylic acids is 2. The van der Waals surface area contributed by atoms with E-state index in [4.69, 9.17) is 4.98 Å². The van der Waals surface area contributed by atoms with Crippen LogP contribution < -0.4 is 16.0 Å². The van der Waals surface area contributed by atoms with Gasteiger partial charge < -0.3 is 20.9 Å². The second kappa shape index (κ2) is 9.88. The number of rotatable bonds is 7. The van der Waals surface area contributed by atoms with E-state index >= 15 is 0 Å². The van der Waals surface area contributed by atoms with Crippen molar-refractivity contribution in [3.63, 3.8) is 0 Å². The minimum Gasteiger partial charge on any atom is -0.358 e. The van der Waals surface area contributed by atoms with Crippen molar-refractivity contribution in [3.05, 3.63) is 76.2 Å². The molecule has 0 spiro atoms. The lowest BCUT2D eigenvalue weighted by atomic mass is 10.0. The summed E-state index contributed by atoms with van der Waals surface area (Å²) in [6, 6.07) is 9.72. The number of hydrogen-bond acceptors (Lipinski definition) is 6. The van der Waals surface area contributed by atoms with Crippen LogP contribution in [0.5, 0.6) is 0 Å². The van der Waals surface area contributed by atoms with Crippen LogP contribution in [0.15, 0.2) is 48.1 Å². The smallest absolute Gasteiger partial charge is 0.256 e. The van der Waals surface area contributed by atoms with E-state index in [1.165, 1.54) is 0 Å². The average Bonchev–Trinajstić information content (AvgIpc) is 3.56. The van der Waals surface area contributed by atoms with E-state index in [2.05, 4.69) is 25.9 Å². The highest BCUT2D eigenvalue weighted by molar-refractivity contribution is 7.13. The minimum atomic E-state index is -0.178. The van der Waals surface area contributed by atoms with Crippen molar-refractivity contribution >= 4 is 40.5 Å². The molecule has 4 N–H and O–H groups in total. The third-order valence-electron chi connectivity index (χ3n) is 6.16. The van der Waals surface area contributed by atoms with Gasteiger partial charge >= 0.3 is 0 Å². The second-order valence-corrected chi connectivity index (χ2v) is 9.43. The fourth-order valence-corrected chi connectivity index (χ4v) is 5.13. The van der Waals surface area contributed by atoms with E-state index in [-0.39, 0.29) is 11.8 Å². The Hall–Kier alpha value is -4.08. The van der Waals surface area contributed by atoms with Crippen LogP contribution in [0.2, 0.25) is 0 Å². The van der Waals surface area contributed by atoms with Gasteiger partial charge in [-0.05, 0) is 56.8 Å². The molecular weight excluding hydrogens is 472 g/mol. The number of aromatic nitrogens is 3. The van der Waals surface area contributed by atoms with Gasteiger partial charge in [-0.2, -0.15) is 0 Å². The highest BCUT2D eigenvalue weighted by atomic mass is 32.1. The fraction of sp³-hybridized carbons (Fsp3) is 0.185. The molecule has 8 nitrogen and oxygen atoms in total. The molecule has 2 amide bonds. The van der Waals surface area contributed by atoms with Gasteiger partial charge in [0, 0.05) is 64.6 Å². The van der Waals surface area contributed by atoms with Crippen LogP contribution in [0.4, 0.5) is 5.69 Å². The molecule has 0 bridgehead atoms. The number of amides is 2. The van der Waals surface area contributed by atoms with Gasteiger partial charge in [-0.15, -0.1) is 11.3 Å². The van der Waals surface area contributed by atoms with Crippen LogP contribution in [-0.2, 0) is 4.79 Å². The Morgan fingerprint density at radius 2 is 2.03 bits per heavy atom. The summed E-state index contributed by atoms with van der Waals surface area (Å²) in [6.45, 7) is 4.98. The molecule has 182 valence electrons. The molecule has 0 saturated heterocycles. The number of thiazole rings is 1. The van der Waals surface area contributed by atoms with Gasteiger partial charge in [0.05, 0.1) is 16.8 Å². The zero-order valence-electron chi connectivity index (χ0n) is 20.2. The molecule has 1 aliphatic heterocycles. The first-order valence-corrected chi connectivity index (χ1v) is 12.5. The number of nitrogens with zero attached hydrogens (tertiary/aromatic N) is 2. The maximum atomic E-state index is 12.9. The molecule has 36 heavy (non-hydrogen) atoms. The topological polar surface area (TPSA) is 112 Å². The summed E-state index contributed by atoms with van der Waals surface area (Å²) in [4.78, 5) is 37.8. The highest BCUT2D eigenvalue weighted by Gasteiger charge is 2.26. The molecule has 1 aromatic carbocycles. The third-order valence-corrected chi connectivity index (χ3v) is 7.05. The number of likely N-dealkylation sites (N-methyl/N-ethyl adjacent to an activating group) is 1. The summed E-state index contributed by atoms with van der Waals surface area (Å²) in [5.41, 5.74) is 7.75. The molecular formula is C27H26N6O2S. The molecule has 4 heterocycles. The molecule has 1 aliphatic rings. The molecule has 5 rings (SSSR count). The molecule has 0 atom stereocenters. The largest absolute Gasteiger partial charge is 0.358 e. The fourth-order valence-electron chi connectivity index (χ4n) is 4.31. The Morgan fingerprint density at radius 1 is 1.17 bits per heavy atom. The van der Waals surface area contributed by atoms with E-state index in [0.29, 0.717) is 24.2 Å². The van der Waals surface area contributed by atoms with Crippen molar-refractivity contribution in [3.8, 4) is 21.8 Å². The maximum absolute atomic E-state index is 12.9. The molecule has 0 fully saturated rings. The zero-order chi connectivity index (χ0) is 25.2. The number of H-pyrrole nitrogens is 1. The van der Waals surface area contributed by atoms with Gasteiger partial charge in [-0.3, -0.25) is 14.6 Å². The number of fused-ring (bicyclic) bond motifs is 1. The van der Waals surface area contributed by atoms with Gasteiger partial charge in [-0.1, -0.05) is 6.07 Å². The number of carbonyl (C=O) groups is 2. The van der Waals surface area contributed by atoms with Crippen molar-refractivity contribution in [2.75, 3.05) is 25.5 Å². The molecule has 3 aromatic heterocycles. The van der Waals surface area contributed by atoms with Gasteiger partial charge in [0.1, 0.15) is 5.01 Å². The lowest BCUT2D eigenvalue weighted by molar-refractivity contribution is -0.110. The van der Waals surface area contributed by atoms with E-state index in [0.717, 1.165) is 50.0 Å². The first kappa shape index (κ1) is 23.7. The standard InChI is InChI=1S/C27H26N6O2S/c1-15-22(31-16(2)24(15)26(35)30-10-9-28-3)12-20-19-11-17(6-7-21(19)32-25(20)34)23-14-36-27(33-23)18-5-4-8-29-13-18/h4-8,11-14,28,31H,9-10H2,1-3H3,(H,30,35)(H,32,34)/b20-12-. The molecule has 0 unspecified atom stereocenters. The van der Waals surface area contributed by atoms with Crippen molar-refractivity contribution in [1.29, 1.82) is 0 Å². The van der Waals surface area contributed by atoms with E-state index < -0.39 is 0 Å². The number of benzene rings is 1. The van der Waals surface area contributed by atoms with E-state index in [9.17, 15) is 9.59 Å². The monoisotopic (exact) mass is 498 g/mol. The minimum absolute atomic E-state index is 0.132. The van der Waals surface area contributed by atoms with Crippen LogP contribution in [-0.4, -0.2) is 46.9 Å². The van der Waals surface area contributed by atoms with Crippen molar-refractivity contribution in [2.45, 2.75) is 13.8 Å². The average molecular weight is 499 g/mol. The maximum Gasteiger partial charge on any atom is 0.256 e. The SMILES string of the molecule is CNCCNC(=O)c1c(C)[nH]c(/C=C2\C(=O)Nc3ccc(-c4csc(-c5cccnc5)n4)cc32)c1C. The van der Waals surface area contributed by atoms with E-state index in [1.54, 1.807) is 23.7 Å². The van der Waals surface area contributed by atoms with Gasteiger partial charge in [0.15, 0.2) is 0 Å². The van der Waals surface area contributed by atoms with Crippen LogP contribution in [0.25, 0.3) is 33.5 Å². The summed E-state index contributed by atoms with van der Waals surface area (Å²) >= 11 is 1.56. The number of anilines is 1. The van der Waals surface area contributed by atoms with Crippen LogP contribution in [0, 0.1) is 13.8 Å². The van der Waals surface area contributed by atoms with Crippen LogP contribution in [0.1, 0.15) is 32.9 Å². The summed E-state index contributed by atoms with van der Waals surface area (Å²) < 4.78 is 0. The van der Waals surface area contributed by atoms with Gasteiger partial charge in [-0.25, -0.2) is 4.98 Å². The number of aromatic amines is 1. The highest BCUT2D eigenvalue weighted by Crippen LogP contribution is 2.38. The molecule has 9 heteroatoms. The molecule has 0 radical (unpaired) electrons. The Labute approximate surface area is 212 Å². The normalized spacial score (nSPS) is 13.6. The zero-order valence-corrected chi connectivity index (χ0v) is 21.0. The first-order valence-electron chi connectivity index (χ1n) is 11.6. The number of aryl methyl sites for hydroxylation is 1. The molecule has 0 saturated carbocycles. The third kappa shape index (κ3) is 4.46. The summed E-state index contributed by atoms with van der Waals surface area (Å²) in [5, 5.41) is 11.8. The quantitative estimate of drug-likeness (QED) is 0.225. The number of pyridine rings is 1. The predicted molar refractivity (Wildman–Crippen MR) is 144 cm³/mol. The van der Waals surface area contributed by atoms with Crippen molar-refractivity contribution in [2.24, 2.45) is 0 Å². The molecule has 4 aromatic rings. The Kier molecular flexibility index (Phi) is 6.49. The Balaban J connectivity index is 1.47. The number of hydrogen-bond donors (Lipinski definition) is 4. The second-order valence-electron chi connectivity index (χ2n) is 8.58. The number of nitrogens with one attached hydrogen (secondary N) is 4. The van der Waals surface area contributed by atoms with Crippen LogP contribution >= 0.6 is 11.3 Å². The van der Waals surface area contributed by atoms with Gasteiger partial charge in [0.25, 0.3) is 11.8 Å². The molecule has 0 aliphatic carbocycles. The van der Waals surface area contributed by atoms with E-state index in [1.807, 2.05) is 62.7 Å². The Bertz CT molecular complexity index is 1490. The van der Waals surface area contributed by atoms with Crippen molar-refractivity contribution in [1.82, 2.24) is 25.6 Å². The predicted octanol–water partition coefficient (Wildman–Crippen LogP) is 4.26. The Morgan fingerprint density at radius 3 is 2.81 bits per heavy atom. The first-order chi connectivity index (χ1) is 17.5.